The third kappa shape index (κ3) is 5.84. The summed E-state index contributed by atoms with van der Waals surface area (Å²) in [5, 5.41) is 9.89. The van der Waals surface area contributed by atoms with Crippen LogP contribution in [0.2, 0.25) is 5.02 Å². The highest BCUT2D eigenvalue weighted by atomic mass is 35.5. The number of nitrogens with zero attached hydrogens (tertiary/aromatic N) is 5. The van der Waals surface area contributed by atoms with Gasteiger partial charge in [-0.1, -0.05) is 36.6 Å². The van der Waals surface area contributed by atoms with Gasteiger partial charge in [0.2, 0.25) is 11.8 Å². The van der Waals surface area contributed by atoms with E-state index in [1.807, 2.05) is 29.2 Å². The van der Waals surface area contributed by atoms with E-state index in [-0.39, 0.29) is 29.8 Å². The third-order valence-corrected chi connectivity index (χ3v) is 8.45. The summed E-state index contributed by atoms with van der Waals surface area (Å²) in [5.41, 5.74) is 2.60. The lowest BCUT2D eigenvalue weighted by molar-refractivity contribution is -0.136. The van der Waals surface area contributed by atoms with Gasteiger partial charge < -0.3 is 9.80 Å². The molecule has 3 aromatic rings. The molecule has 5 rings (SSSR count). The molecule has 9 heteroatoms. The van der Waals surface area contributed by atoms with Gasteiger partial charge in [-0.3, -0.25) is 19.0 Å². The first-order valence-corrected chi connectivity index (χ1v) is 13.9. The van der Waals surface area contributed by atoms with Crippen molar-refractivity contribution in [3.63, 3.8) is 0 Å². The van der Waals surface area contributed by atoms with E-state index >= 15 is 0 Å². The summed E-state index contributed by atoms with van der Waals surface area (Å²) >= 11 is 6.12. The average molecular weight is 546 g/mol. The molecule has 2 aliphatic rings. The molecular weight excluding hydrogens is 514 g/mol. The highest BCUT2D eigenvalue weighted by Crippen LogP contribution is 2.32. The molecule has 2 fully saturated rings. The number of hydrogen-bond donors (Lipinski definition) is 0. The Morgan fingerprint density at radius 3 is 2.54 bits per heavy atom. The quantitative estimate of drug-likeness (QED) is 0.455. The minimum Gasteiger partial charge on any atom is -0.342 e. The van der Waals surface area contributed by atoms with E-state index in [2.05, 4.69) is 4.98 Å². The van der Waals surface area contributed by atoms with Crippen molar-refractivity contribution in [1.29, 1.82) is 5.26 Å². The van der Waals surface area contributed by atoms with E-state index in [0.717, 1.165) is 62.7 Å². The second-order valence-corrected chi connectivity index (χ2v) is 11.1. The Balaban J connectivity index is 1.26. The van der Waals surface area contributed by atoms with Crippen LogP contribution in [0.25, 0.3) is 10.9 Å². The maximum atomic E-state index is 13.3. The van der Waals surface area contributed by atoms with Gasteiger partial charge in [0.15, 0.2) is 0 Å². The number of piperidine rings is 1. The number of amides is 2. The summed E-state index contributed by atoms with van der Waals surface area (Å²) in [6, 6.07) is 12.9. The predicted molar refractivity (Wildman–Crippen MR) is 149 cm³/mol. The van der Waals surface area contributed by atoms with Crippen molar-refractivity contribution in [3.8, 4) is 6.07 Å². The normalized spacial score (nSPS) is 16.4. The molecule has 2 heterocycles. The minimum absolute atomic E-state index is 0.131. The number of carbonyl (C=O) groups excluding carboxylic acids is 2. The number of aromatic nitrogens is 2. The molecule has 0 atom stereocenters. The molecular formula is C30H32ClN5O3. The monoisotopic (exact) mass is 545 g/mol. The van der Waals surface area contributed by atoms with Crippen molar-refractivity contribution >= 4 is 34.3 Å². The van der Waals surface area contributed by atoms with Gasteiger partial charge >= 0.3 is 0 Å². The molecule has 0 bridgehead atoms. The molecule has 1 saturated carbocycles. The van der Waals surface area contributed by atoms with Gasteiger partial charge in [0.25, 0.3) is 5.56 Å². The Kier molecular flexibility index (Phi) is 7.99. The first-order chi connectivity index (χ1) is 18.8. The van der Waals surface area contributed by atoms with Crippen LogP contribution in [0.1, 0.15) is 61.1 Å². The van der Waals surface area contributed by atoms with Gasteiger partial charge in [0.1, 0.15) is 12.6 Å². The Morgan fingerprint density at radius 2 is 1.85 bits per heavy atom. The topological polar surface area (TPSA) is 99.3 Å². The van der Waals surface area contributed by atoms with Gasteiger partial charge in [0.05, 0.1) is 27.8 Å². The van der Waals surface area contributed by atoms with E-state index in [1.165, 1.54) is 15.8 Å². The second-order valence-electron chi connectivity index (χ2n) is 10.7. The summed E-state index contributed by atoms with van der Waals surface area (Å²) in [6.45, 7) is 1.67. The van der Waals surface area contributed by atoms with Crippen LogP contribution in [-0.4, -0.2) is 51.3 Å². The summed E-state index contributed by atoms with van der Waals surface area (Å²) in [4.78, 5) is 47.0. The summed E-state index contributed by atoms with van der Waals surface area (Å²) in [5.74, 6) is 0.556. The number of fused-ring (bicyclic) bond motifs is 1. The van der Waals surface area contributed by atoms with Crippen LogP contribution < -0.4 is 5.56 Å². The number of hydrogen-bond acceptors (Lipinski definition) is 5. The fourth-order valence-electron chi connectivity index (χ4n) is 5.78. The molecule has 39 heavy (non-hydrogen) atoms. The van der Waals surface area contributed by atoms with Crippen molar-refractivity contribution in [2.24, 2.45) is 5.92 Å². The van der Waals surface area contributed by atoms with Gasteiger partial charge in [-0.05, 0) is 67.0 Å². The number of likely N-dealkylation sites (N-methyl/N-ethyl adjacent to an activating group) is 1. The Bertz CT molecular complexity index is 1500. The number of rotatable bonds is 6. The third-order valence-electron chi connectivity index (χ3n) is 8.14. The summed E-state index contributed by atoms with van der Waals surface area (Å²) in [7, 11) is 1.66. The average Bonchev–Trinajstić information content (AvgIpc) is 3.49. The second kappa shape index (κ2) is 11.6. The highest BCUT2D eigenvalue weighted by molar-refractivity contribution is 6.31. The number of likely N-dealkylation sites (tertiary alicyclic amines) is 1. The fraction of sp³-hybridized carbons (Fsp3) is 0.433. The molecule has 202 valence electrons. The smallest absolute Gasteiger partial charge is 0.261 e. The zero-order valence-corrected chi connectivity index (χ0v) is 22.9. The van der Waals surface area contributed by atoms with Crippen LogP contribution >= 0.6 is 11.6 Å². The van der Waals surface area contributed by atoms with Gasteiger partial charge in [-0.15, -0.1) is 0 Å². The molecule has 2 aromatic carbocycles. The van der Waals surface area contributed by atoms with E-state index in [1.54, 1.807) is 25.2 Å². The minimum atomic E-state index is -0.251. The molecule has 8 nitrogen and oxygen atoms in total. The molecule has 1 aliphatic carbocycles. The lowest BCUT2D eigenvalue weighted by atomic mass is 9.88. The van der Waals surface area contributed by atoms with Crippen LogP contribution in [0.5, 0.6) is 0 Å². The van der Waals surface area contributed by atoms with Crippen molar-refractivity contribution in [3.05, 3.63) is 74.8 Å². The van der Waals surface area contributed by atoms with Crippen LogP contribution in [0.3, 0.4) is 0 Å². The molecule has 1 aliphatic heterocycles. The first-order valence-electron chi connectivity index (χ1n) is 13.5. The van der Waals surface area contributed by atoms with Crippen LogP contribution in [0, 0.1) is 17.2 Å². The van der Waals surface area contributed by atoms with Crippen LogP contribution in [-0.2, 0) is 22.7 Å². The largest absolute Gasteiger partial charge is 0.342 e. The van der Waals surface area contributed by atoms with E-state index in [4.69, 9.17) is 16.9 Å². The van der Waals surface area contributed by atoms with Crippen LogP contribution in [0.15, 0.2) is 47.5 Å². The fourth-order valence-corrected chi connectivity index (χ4v) is 6.03. The Labute approximate surface area is 232 Å². The van der Waals surface area contributed by atoms with Crippen molar-refractivity contribution < 1.29 is 9.59 Å². The molecule has 0 radical (unpaired) electrons. The van der Waals surface area contributed by atoms with Gasteiger partial charge in [-0.25, -0.2) is 4.98 Å². The number of benzene rings is 2. The standard InChI is InChI=1S/C30H32ClN5O3/c1-34(17-20-6-7-24(16-32)26(31)14-20)28(37)18-36-19-33-27-9-8-23(15-25(27)30(36)39)21-10-12-35(13-11-21)29(38)22-4-2-3-5-22/h6-9,14-15,19,21-22H,2-5,10-13,17-18H2,1H3. The van der Waals surface area contributed by atoms with Gasteiger partial charge in [0, 0.05) is 32.6 Å². The lowest BCUT2D eigenvalue weighted by Crippen LogP contribution is -2.40. The number of halogens is 1. The van der Waals surface area contributed by atoms with E-state index in [0.29, 0.717) is 33.9 Å². The van der Waals surface area contributed by atoms with Crippen LogP contribution in [0.4, 0.5) is 0 Å². The zero-order chi connectivity index (χ0) is 27.5. The van der Waals surface area contributed by atoms with E-state index < -0.39 is 0 Å². The Morgan fingerprint density at radius 1 is 1.10 bits per heavy atom. The maximum absolute atomic E-state index is 13.3. The van der Waals surface area contributed by atoms with Crippen molar-refractivity contribution in [1.82, 2.24) is 19.4 Å². The predicted octanol–water partition coefficient (Wildman–Crippen LogP) is 4.48. The maximum Gasteiger partial charge on any atom is 0.261 e. The molecule has 2 amide bonds. The molecule has 1 saturated heterocycles. The summed E-state index contributed by atoms with van der Waals surface area (Å²) in [6.07, 6.45) is 7.52. The van der Waals surface area contributed by atoms with Crippen molar-refractivity contribution in [2.75, 3.05) is 20.1 Å². The highest BCUT2D eigenvalue weighted by Gasteiger charge is 2.30. The SMILES string of the molecule is CN(Cc1ccc(C#N)c(Cl)c1)C(=O)Cn1cnc2ccc(C3CCN(C(=O)C4CCCC4)CC3)cc2c1=O. The van der Waals surface area contributed by atoms with Gasteiger partial charge in [-0.2, -0.15) is 5.26 Å². The molecule has 1 aromatic heterocycles. The zero-order valence-electron chi connectivity index (χ0n) is 22.1. The first kappa shape index (κ1) is 26.9. The molecule has 0 unspecified atom stereocenters. The Hall–Kier alpha value is -3.70. The summed E-state index contributed by atoms with van der Waals surface area (Å²) < 4.78 is 1.35. The molecule has 0 spiro atoms. The van der Waals surface area contributed by atoms with E-state index in [9.17, 15) is 14.4 Å². The lowest BCUT2D eigenvalue weighted by Gasteiger charge is -2.34. The number of carbonyl (C=O) groups is 2. The number of nitriles is 1. The molecule has 0 N–H and O–H groups in total. The van der Waals surface area contributed by atoms with Crippen molar-refractivity contribution in [2.45, 2.75) is 57.5 Å².